The van der Waals surface area contributed by atoms with E-state index in [9.17, 15) is 0 Å². The summed E-state index contributed by atoms with van der Waals surface area (Å²) < 4.78 is 0. The van der Waals surface area contributed by atoms with E-state index in [1.54, 1.807) is 11.1 Å². The average molecular weight is 349 g/mol. The third-order valence-corrected chi connectivity index (χ3v) is 9.40. The van der Waals surface area contributed by atoms with Crippen LogP contribution in [0.15, 0.2) is 61.2 Å². The zero-order chi connectivity index (χ0) is 17.9. The summed E-state index contributed by atoms with van der Waals surface area (Å²) in [5, 5.41) is 0.263. The second kappa shape index (κ2) is 7.33. The van der Waals surface area contributed by atoms with E-state index in [1.165, 1.54) is 43.2 Å². The minimum atomic E-state index is -1.47. The molecule has 0 amide bonds. The van der Waals surface area contributed by atoms with Crippen molar-refractivity contribution in [2.75, 3.05) is 0 Å². The quantitative estimate of drug-likeness (QED) is 0.265. The molecule has 1 heteroatoms. The van der Waals surface area contributed by atoms with E-state index in [0.29, 0.717) is 0 Å². The van der Waals surface area contributed by atoms with Crippen LogP contribution in [0.5, 0.6) is 0 Å². The monoisotopic (exact) mass is 348 g/mol. The van der Waals surface area contributed by atoms with Crippen LogP contribution in [-0.4, -0.2) is 8.07 Å². The molecule has 0 fully saturated rings. The average Bonchev–Trinajstić information content (AvgIpc) is 2.89. The molecule has 0 radical (unpaired) electrons. The van der Waals surface area contributed by atoms with Gasteiger partial charge in [-0.3, -0.25) is 0 Å². The van der Waals surface area contributed by atoms with Crippen LogP contribution in [0.2, 0.25) is 19.6 Å². The topological polar surface area (TPSA) is 0 Å². The Kier molecular flexibility index (Phi) is 5.34. The molecule has 0 aliphatic heterocycles. The van der Waals surface area contributed by atoms with Crippen molar-refractivity contribution in [1.82, 2.24) is 0 Å². The summed E-state index contributed by atoms with van der Waals surface area (Å²) in [6, 6.07) is 18.4. The van der Waals surface area contributed by atoms with Crippen LogP contribution in [0.25, 0.3) is 11.1 Å². The molecule has 0 heterocycles. The van der Waals surface area contributed by atoms with Crippen molar-refractivity contribution >= 4 is 8.07 Å². The third-order valence-electron chi connectivity index (χ3n) is 6.05. The summed E-state index contributed by atoms with van der Waals surface area (Å²) in [4.78, 5) is 0. The van der Waals surface area contributed by atoms with E-state index in [1.807, 2.05) is 6.08 Å². The molecule has 0 nitrogen and oxygen atoms in total. The molecule has 0 spiro atoms. The largest absolute Gasteiger partial charge is 0.103 e. The number of rotatable bonds is 8. The van der Waals surface area contributed by atoms with Crippen molar-refractivity contribution in [2.24, 2.45) is 0 Å². The van der Waals surface area contributed by atoms with Gasteiger partial charge in [-0.2, -0.15) is 0 Å². The Hall–Kier alpha value is -1.60. The van der Waals surface area contributed by atoms with Crippen LogP contribution in [0.4, 0.5) is 0 Å². The number of fused-ring (bicyclic) bond motifs is 3. The summed E-state index contributed by atoms with van der Waals surface area (Å²) >= 11 is 0. The van der Waals surface area contributed by atoms with E-state index < -0.39 is 8.07 Å². The van der Waals surface area contributed by atoms with Gasteiger partial charge in [-0.15, -0.1) is 6.58 Å². The highest BCUT2D eigenvalue weighted by molar-refractivity contribution is 6.80. The molecule has 0 atom stereocenters. The number of unbranched alkanes of at least 4 members (excludes halogenated alkanes) is 4. The maximum absolute atomic E-state index is 3.84. The van der Waals surface area contributed by atoms with Gasteiger partial charge >= 0.3 is 0 Å². The Bertz CT molecular complexity index is 690. The molecule has 0 unspecified atom stereocenters. The highest BCUT2D eigenvalue weighted by Gasteiger charge is 2.50. The van der Waals surface area contributed by atoms with Gasteiger partial charge in [-0.1, -0.05) is 93.5 Å². The molecule has 25 heavy (non-hydrogen) atoms. The Morgan fingerprint density at radius 3 is 1.84 bits per heavy atom. The molecule has 0 bridgehead atoms. The summed E-state index contributed by atoms with van der Waals surface area (Å²) in [5.41, 5.74) is 6.15. The fourth-order valence-electron chi connectivity index (χ4n) is 4.81. The van der Waals surface area contributed by atoms with Gasteiger partial charge in [0, 0.05) is 5.04 Å². The lowest BCUT2D eigenvalue weighted by molar-refractivity contribution is 0.547. The van der Waals surface area contributed by atoms with E-state index in [2.05, 4.69) is 74.8 Å². The van der Waals surface area contributed by atoms with Gasteiger partial charge in [-0.05, 0) is 41.5 Å². The van der Waals surface area contributed by atoms with Crippen LogP contribution < -0.4 is 0 Å². The van der Waals surface area contributed by atoms with Crippen molar-refractivity contribution in [1.29, 1.82) is 0 Å². The lowest BCUT2D eigenvalue weighted by Gasteiger charge is -2.43. The molecule has 132 valence electrons. The highest BCUT2D eigenvalue weighted by Crippen LogP contribution is 2.55. The Labute approximate surface area is 155 Å². The molecule has 0 N–H and O–H groups in total. The molecular weight excluding hydrogens is 316 g/mol. The maximum atomic E-state index is 3.84. The van der Waals surface area contributed by atoms with Gasteiger partial charge in [0.25, 0.3) is 0 Å². The molecule has 1 aliphatic carbocycles. The van der Waals surface area contributed by atoms with Gasteiger partial charge in [-0.25, -0.2) is 0 Å². The normalized spacial score (nSPS) is 14.8. The summed E-state index contributed by atoms with van der Waals surface area (Å²) in [6.45, 7) is 11.5. The first-order chi connectivity index (χ1) is 12.0. The lowest BCUT2D eigenvalue weighted by Crippen LogP contribution is -2.49. The minimum absolute atomic E-state index is 0.263. The zero-order valence-electron chi connectivity index (χ0n) is 16.1. The second-order valence-corrected chi connectivity index (χ2v) is 13.8. The van der Waals surface area contributed by atoms with Crippen LogP contribution >= 0.6 is 0 Å². The summed E-state index contributed by atoms with van der Waals surface area (Å²) in [7, 11) is -1.47. The smallest absolute Gasteiger partial charge is 0.0613 e. The summed E-state index contributed by atoms with van der Waals surface area (Å²) in [6.07, 6.45) is 9.78. The van der Waals surface area contributed by atoms with Crippen LogP contribution in [0, 0.1) is 0 Å². The Balaban J connectivity index is 1.97. The van der Waals surface area contributed by atoms with Crippen LogP contribution in [0.1, 0.15) is 49.7 Å². The zero-order valence-corrected chi connectivity index (χ0v) is 17.1. The first-order valence-corrected chi connectivity index (χ1v) is 13.3. The Morgan fingerprint density at radius 1 is 0.800 bits per heavy atom. The third kappa shape index (κ3) is 3.15. The molecule has 0 saturated carbocycles. The van der Waals surface area contributed by atoms with Crippen molar-refractivity contribution in [3.05, 3.63) is 72.3 Å². The molecule has 2 aromatic carbocycles. The fraction of sp³-hybridized carbons (Fsp3) is 0.417. The SMILES string of the molecule is C=CCCCCCCC1([Si](C)(C)C)c2ccccc2-c2ccccc21. The molecule has 2 aromatic rings. The summed E-state index contributed by atoms with van der Waals surface area (Å²) in [5.74, 6) is 0. The van der Waals surface area contributed by atoms with Gasteiger partial charge < -0.3 is 0 Å². The minimum Gasteiger partial charge on any atom is -0.103 e. The van der Waals surface area contributed by atoms with Crippen molar-refractivity contribution in [3.63, 3.8) is 0 Å². The predicted molar refractivity (Wildman–Crippen MR) is 114 cm³/mol. The number of allylic oxidation sites excluding steroid dienone is 1. The highest BCUT2D eigenvalue weighted by atomic mass is 28.3. The first kappa shape index (κ1) is 18.2. The van der Waals surface area contributed by atoms with Crippen molar-refractivity contribution in [2.45, 2.75) is 63.2 Å². The van der Waals surface area contributed by atoms with E-state index in [4.69, 9.17) is 0 Å². The first-order valence-electron chi connectivity index (χ1n) is 9.82. The van der Waals surface area contributed by atoms with Crippen molar-refractivity contribution < 1.29 is 0 Å². The maximum Gasteiger partial charge on any atom is 0.0613 e. The van der Waals surface area contributed by atoms with E-state index in [-0.39, 0.29) is 5.04 Å². The van der Waals surface area contributed by atoms with E-state index in [0.717, 1.165) is 6.42 Å². The Morgan fingerprint density at radius 2 is 1.32 bits per heavy atom. The van der Waals surface area contributed by atoms with Crippen LogP contribution in [0.3, 0.4) is 0 Å². The van der Waals surface area contributed by atoms with Crippen molar-refractivity contribution in [3.8, 4) is 11.1 Å². The molecular formula is C24H32Si. The molecule has 0 aromatic heterocycles. The molecule has 1 aliphatic rings. The van der Waals surface area contributed by atoms with Crippen LogP contribution in [-0.2, 0) is 5.04 Å². The molecule has 3 rings (SSSR count). The second-order valence-electron chi connectivity index (χ2n) is 8.49. The molecule has 0 saturated heterocycles. The predicted octanol–water partition coefficient (Wildman–Crippen LogP) is 7.36. The van der Waals surface area contributed by atoms with Gasteiger partial charge in [0.05, 0.1) is 8.07 Å². The van der Waals surface area contributed by atoms with Gasteiger partial charge in [0.1, 0.15) is 0 Å². The fourth-order valence-corrected chi connectivity index (χ4v) is 7.79. The number of benzene rings is 2. The number of hydrogen-bond acceptors (Lipinski definition) is 0. The number of hydrogen-bond donors (Lipinski definition) is 0. The lowest BCUT2D eigenvalue weighted by atomic mass is 9.89. The van der Waals surface area contributed by atoms with Gasteiger partial charge in [0.2, 0.25) is 0 Å². The van der Waals surface area contributed by atoms with Gasteiger partial charge in [0.15, 0.2) is 0 Å². The standard InChI is InChI=1S/C24H32Si/c1-5-6-7-8-9-14-19-24(25(2,3)4)22-17-12-10-15-20(22)21-16-11-13-18-23(21)24/h5,10-13,15-18H,1,6-9,14,19H2,2-4H3. The van der Waals surface area contributed by atoms with E-state index >= 15 is 0 Å².